The fraction of sp³-hybridized carbons (Fsp3) is 0.312. The average Bonchev–Trinajstić information content (AvgIpc) is 3.19. The zero-order valence-corrected chi connectivity index (χ0v) is 14.2. The minimum Gasteiger partial charge on any atom is -0.273 e. The zero-order valence-electron chi connectivity index (χ0n) is 13.4. The largest absolute Gasteiger partial charge is 0.273 e. The van der Waals surface area contributed by atoms with Crippen LogP contribution >= 0.6 is 0 Å². The predicted molar refractivity (Wildman–Crippen MR) is 90.1 cm³/mol. The molecule has 0 saturated carbocycles. The Hall–Kier alpha value is -2.68. The quantitative estimate of drug-likeness (QED) is 0.751. The van der Waals surface area contributed by atoms with Crippen LogP contribution in [0.2, 0.25) is 0 Å². The lowest BCUT2D eigenvalue weighted by atomic mass is 10.1. The van der Waals surface area contributed by atoms with E-state index in [1.807, 2.05) is 30.3 Å². The summed E-state index contributed by atoms with van der Waals surface area (Å²) in [4.78, 5) is 24.0. The van der Waals surface area contributed by atoms with E-state index in [9.17, 15) is 18.0 Å². The third-order valence-electron chi connectivity index (χ3n) is 3.99. The zero-order chi connectivity index (χ0) is 17.9. The van der Waals surface area contributed by atoms with Crippen LogP contribution in [0.4, 0.5) is 0 Å². The molecule has 0 spiro atoms. The first kappa shape index (κ1) is 17.2. The van der Waals surface area contributed by atoms with Gasteiger partial charge in [-0.3, -0.25) is 25.1 Å². The number of nitrogens with zero attached hydrogens (tertiary/aromatic N) is 2. The Bertz CT molecular complexity index is 877. The number of nitrogens with one attached hydrogen (secondary N) is 2. The van der Waals surface area contributed by atoms with E-state index in [1.54, 1.807) is 10.9 Å². The first-order chi connectivity index (χ1) is 11.9. The summed E-state index contributed by atoms with van der Waals surface area (Å²) in [6.45, 7) is 0.528. The molecule has 1 aromatic heterocycles. The van der Waals surface area contributed by atoms with E-state index in [0.29, 0.717) is 12.1 Å². The summed E-state index contributed by atoms with van der Waals surface area (Å²) in [5, 5.41) is 4.12. The molecule has 0 radical (unpaired) electrons. The molecule has 25 heavy (non-hydrogen) atoms. The van der Waals surface area contributed by atoms with Crippen molar-refractivity contribution in [3.05, 3.63) is 53.9 Å². The van der Waals surface area contributed by atoms with Crippen molar-refractivity contribution in [3.8, 4) is 0 Å². The summed E-state index contributed by atoms with van der Waals surface area (Å²) in [7, 11) is -3.14. The molecule has 0 aliphatic carbocycles. The van der Waals surface area contributed by atoms with Crippen LogP contribution in [0.5, 0.6) is 0 Å². The molecule has 2 amide bonds. The number of sulfone groups is 1. The molecule has 1 atom stereocenters. The van der Waals surface area contributed by atoms with Crippen LogP contribution in [0.15, 0.2) is 42.7 Å². The Morgan fingerprint density at radius 2 is 1.96 bits per heavy atom. The predicted octanol–water partition coefficient (Wildman–Crippen LogP) is 0.127. The van der Waals surface area contributed by atoms with Gasteiger partial charge in [0.1, 0.15) is 0 Å². The summed E-state index contributed by atoms with van der Waals surface area (Å²) in [5.41, 5.74) is 5.92. The highest BCUT2D eigenvalue weighted by molar-refractivity contribution is 7.91. The number of hydrogen-bond donors (Lipinski definition) is 2. The number of hydrazine groups is 1. The van der Waals surface area contributed by atoms with E-state index in [1.165, 1.54) is 6.20 Å². The van der Waals surface area contributed by atoms with Crippen molar-refractivity contribution in [2.75, 3.05) is 11.5 Å². The number of carbonyl (C=O) groups is 2. The topological polar surface area (TPSA) is 110 Å². The molecule has 1 aliphatic rings. The van der Waals surface area contributed by atoms with Crippen molar-refractivity contribution in [1.82, 2.24) is 20.6 Å². The van der Waals surface area contributed by atoms with Gasteiger partial charge in [0.2, 0.25) is 5.91 Å². The standard InChI is InChI=1S/C16H18N4O4S/c21-15(13-6-7-25(23,24)11-13)18-19-16(22)14-8-17-20(10-14)9-12-4-2-1-3-5-12/h1-5,8,10,13H,6-7,9,11H2,(H,18,21)(H,19,22)/t13-/m1/s1. The van der Waals surface area contributed by atoms with E-state index in [0.717, 1.165) is 5.56 Å². The summed E-state index contributed by atoms with van der Waals surface area (Å²) < 4.78 is 24.4. The van der Waals surface area contributed by atoms with Crippen LogP contribution in [0.1, 0.15) is 22.3 Å². The summed E-state index contributed by atoms with van der Waals surface area (Å²) in [6.07, 6.45) is 3.26. The molecule has 1 saturated heterocycles. The lowest BCUT2D eigenvalue weighted by Crippen LogP contribution is -2.44. The highest BCUT2D eigenvalue weighted by atomic mass is 32.2. The third kappa shape index (κ3) is 4.44. The van der Waals surface area contributed by atoms with Crippen LogP contribution in [-0.2, 0) is 21.2 Å². The fourth-order valence-corrected chi connectivity index (χ4v) is 4.37. The summed E-state index contributed by atoms with van der Waals surface area (Å²) in [5.74, 6) is -1.79. The molecule has 1 fully saturated rings. The Morgan fingerprint density at radius 1 is 1.20 bits per heavy atom. The van der Waals surface area contributed by atoms with Gasteiger partial charge in [-0.2, -0.15) is 5.10 Å². The van der Waals surface area contributed by atoms with Gasteiger partial charge in [0.25, 0.3) is 5.91 Å². The molecule has 1 aromatic carbocycles. The van der Waals surface area contributed by atoms with Gasteiger partial charge in [-0.15, -0.1) is 0 Å². The van der Waals surface area contributed by atoms with Crippen molar-refractivity contribution >= 4 is 21.7 Å². The summed E-state index contributed by atoms with van der Waals surface area (Å²) >= 11 is 0. The van der Waals surface area contributed by atoms with Gasteiger partial charge < -0.3 is 0 Å². The number of amides is 2. The maximum Gasteiger partial charge on any atom is 0.272 e. The van der Waals surface area contributed by atoms with Crippen molar-refractivity contribution in [3.63, 3.8) is 0 Å². The van der Waals surface area contributed by atoms with Crippen LogP contribution in [0, 0.1) is 5.92 Å². The number of hydrogen-bond acceptors (Lipinski definition) is 5. The molecule has 2 aromatic rings. The van der Waals surface area contributed by atoms with E-state index < -0.39 is 27.6 Å². The molecule has 0 unspecified atom stereocenters. The Morgan fingerprint density at radius 3 is 2.64 bits per heavy atom. The Kier molecular flexibility index (Phi) is 4.84. The van der Waals surface area contributed by atoms with Gasteiger partial charge in [0.15, 0.2) is 9.84 Å². The maximum absolute atomic E-state index is 12.1. The molecular weight excluding hydrogens is 344 g/mol. The Labute approximate surface area is 145 Å². The van der Waals surface area contributed by atoms with Crippen molar-refractivity contribution in [2.24, 2.45) is 5.92 Å². The van der Waals surface area contributed by atoms with Crippen LogP contribution in [0.25, 0.3) is 0 Å². The summed E-state index contributed by atoms with van der Waals surface area (Å²) in [6, 6.07) is 9.68. The average molecular weight is 362 g/mol. The SMILES string of the molecule is O=C(NNC(=O)[C@@H]1CCS(=O)(=O)C1)c1cnn(Cc2ccccc2)c1. The number of benzene rings is 1. The monoisotopic (exact) mass is 362 g/mol. The highest BCUT2D eigenvalue weighted by Gasteiger charge is 2.33. The lowest BCUT2D eigenvalue weighted by Gasteiger charge is -2.09. The molecule has 3 rings (SSSR count). The van der Waals surface area contributed by atoms with E-state index in [4.69, 9.17) is 0 Å². The number of rotatable bonds is 4. The van der Waals surface area contributed by atoms with Gasteiger partial charge in [0.05, 0.1) is 35.7 Å². The van der Waals surface area contributed by atoms with Gasteiger partial charge in [-0.1, -0.05) is 30.3 Å². The van der Waals surface area contributed by atoms with Crippen molar-refractivity contribution < 1.29 is 18.0 Å². The lowest BCUT2D eigenvalue weighted by molar-refractivity contribution is -0.125. The molecular formula is C16H18N4O4S. The molecule has 0 bridgehead atoms. The van der Waals surface area contributed by atoms with Crippen LogP contribution in [0.3, 0.4) is 0 Å². The van der Waals surface area contributed by atoms with Gasteiger partial charge in [-0.25, -0.2) is 8.42 Å². The molecule has 8 nitrogen and oxygen atoms in total. The van der Waals surface area contributed by atoms with Crippen molar-refractivity contribution in [1.29, 1.82) is 0 Å². The van der Waals surface area contributed by atoms with Gasteiger partial charge >= 0.3 is 0 Å². The maximum atomic E-state index is 12.1. The van der Waals surface area contributed by atoms with E-state index >= 15 is 0 Å². The molecule has 1 aliphatic heterocycles. The minimum atomic E-state index is -3.14. The first-order valence-electron chi connectivity index (χ1n) is 7.80. The second kappa shape index (κ2) is 7.06. The highest BCUT2D eigenvalue weighted by Crippen LogP contribution is 2.18. The third-order valence-corrected chi connectivity index (χ3v) is 5.75. The normalized spacial score (nSPS) is 18.6. The van der Waals surface area contributed by atoms with Crippen LogP contribution in [-0.4, -0.2) is 41.5 Å². The van der Waals surface area contributed by atoms with E-state index in [-0.39, 0.29) is 17.9 Å². The second-order valence-corrected chi connectivity index (χ2v) is 8.18. The smallest absolute Gasteiger partial charge is 0.272 e. The number of carbonyl (C=O) groups excluding carboxylic acids is 2. The van der Waals surface area contributed by atoms with Crippen molar-refractivity contribution in [2.45, 2.75) is 13.0 Å². The second-order valence-electron chi connectivity index (χ2n) is 5.96. The first-order valence-corrected chi connectivity index (χ1v) is 9.62. The number of aromatic nitrogens is 2. The fourth-order valence-electron chi connectivity index (χ4n) is 2.63. The molecule has 2 heterocycles. The van der Waals surface area contributed by atoms with Gasteiger partial charge in [-0.05, 0) is 12.0 Å². The molecule has 9 heteroatoms. The molecule has 132 valence electrons. The molecule has 2 N–H and O–H groups in total. The van der Waals surface area contributed by atoms with Gasteiger partial charge in [0, 0.05) is 6.20 Å². The Balaban J connectivity index is 1.53. The minimum absolute atomic E-state index is 0.00525. The van der Waals surface area contributed by atoms with E-state index in [2.05, 4.69) is 16.0 Å². The van der Waals surface area contributed by atoms with Crippen LogP contribution < -0.4 is 10.9 Å².